The van der Waals surface area contributed by atoms with Gasteiger partial charge in [-0.3, -0.25) is 15.0 Å². The fourth-order valence-corrected chi connectivity index (χ4v) is 2.53. The average Bonchev–Trinajstić information content (AvgIpc) is 2.65. The normalized spacial score (nSPS) is 10.2. The Morgan fingerprint density at radius 2 is 1.67 bits per heavy atom. The molecule has 0 unspecified atom stereocenters. The van der Waals surface area contributed by atoms with E-state index < -0.39 is 16.7 Å². The zero-order valence-corrected chi connectivity index (χ0v) is 14.0. The number of phenolic OH excluding ortho intramolecular Hbond substituents is 1. The molecule has 0 saturated heterocycles. The largest absolute Gasteiger partial charge is 0.505 e. The summed E-state index contributed by atoms with van der Waals surface area (Å²) in [5.41, 5.74) is 5.48. The molecule has 136 valence electrons. The smallest absolute Gasteiger partial charge is 0.324 e. The van der Waals surface area contributed by atoms with Crippen molar-refractivity contribution in [2.24, 2.45) is 5.73 Å². The van der Waals surface area contributed by atoms with E-state index in [1.54, 1.807) is 48.5 Å². The summed E-state index contributed by atoms with van der Waals surface area (Å²) >= 11 is 0. The molecule has 8 nitrogen and oxygen atoms in total. The number of benzene rings is 3. The number of hydrogen-bond acceptors (Lipinski definition) is 5. The predicted octanol–water partition coefficient (Wildman–Crippen LogP) is 4.31. The average molecular weight is 365 g/mol. The SMILES string of the molecule is NC(=O)N(c1ccc([N+](=O)[O-])cc1O)c1ccccc1Oc1ccccc1. The van der Waals surface area contributed by atoms with Gasteiger partial charge in [-0.15, -0.1) is 0 Å². The standard InChI is InChI=1S/C19H15N3O5/c20-19(24)21(15-11-10-13(22(25)26)12-17(15)23)16-8-4-5-9-18(16)27-14-6-2-1-3-7-14/h1-12,23H,(H2,20,24). The number of amides is 2. The van der Waals surface area contributed by atoms with Crippen LogP contribution >= 0.6 is 0 Å². The van der Waals surface area contributed by atoms with Crippen molar-refractivity contribution in [2.45, 2.75) is 0 Å². The van der Waals surface area contributed by atoms with Gasteiger partial charge in [0, 0.05) is 6.07 Å². The number of nitro benzene ring substituents is 1. The second-order valence-electron chi connectivity index (χ2n) is 5.49. The summed E-state index contributed by atoms with van der Waals surface area (Å²) in [6.45, 7) is 0. The molecule has 27 heavy (non-hydrogen) atoms. The van der Waals surface area contributed by atoms with Crippen molar-refractivity contribution in [1.29, 1.82) is 0 Å². The predicted molar refractivity (Wildman–Crippen MR) is 99.4 cm³/mol. The quantitative estimate of drug-likeness (QED) is 0.516. The van der Waals surface area contributed by atoms with E-state index in [0.29, 0.717) is 11.5 Å². The number of non-ortho nitro benzene ring substituents is 1. The molecule has 2 amide bonds. The zero-order valence-electron chi connectivity index (χ0n) is 14.0. The first kappa shape index (κ1) is 17.7. The first-order valence-corrected chi connectivity index (χ1v) is 7.86. The van der Waals surface area contributed by atoms with Crippen LogP contribution in [-0.2, 0) is 0 Å². The van der Waals surface area contributed by atoms with Crippen molar-refractivity contribution in [1.82, 2.24) is 0 Å². The first-order valence-electron chi connectivity index (χ1n) is 7.86. The molecule has 0 aliphatic rings. The van der Waals surface area contributed by atoms with Gasteiger partial charge in [0.15, 0.2) is 5.75 Å². The van der Waals surface area contributed by atoms with Crippen LogP contribution in [0.4, 0.5) is 21.9 Å². The molecule has 0 aromatic heterocycles. The fourth-order valence-electron chi connectivity index (χ4n) is 2.53. The van der Waals surface area contributed by atoms with Crippen LogP contribution in [0.5, 0.6) is 17.2 Å². The minimum Gasteiger partial charge on any atom is -0.505 e. The van der Waals surface area contributed by atoms with Crippen LogP contribution in [0.2, 0.25) is 0 Å². The van der Waals surface area contributed by atoms with E-state index in [9.17, 15) is 20.0 Å². The summed E-state index contributed by atoms with van der Waals surface area (Å²) in [4.78, 5) is 23.4. The zero-order chi connectivity index (χ0) is 19.4. The van der Waals surface area contributed by atoms with Gasteiger partial charge >= 0.3 is 6.03 Å². The molecule has 0 fully saturated rings. The monoisotopic (exact) mass is 365 g/mol. The maximum absolute atomic E-state index is 12.1. The molecule has 3 N–H and O–H groups in total. The molecule has 3 aromatic rings. The number of hydrogen-bond donors (Lipinski definition) is 2. The number of rotatable bonds is 5. The van der Waals surface area contributed by atoms with Gasteiger partial charge in [-0.2, -0.15) is 0 Å². The van der Waals surface area contributed by atoms with Gasteiger partial charge in [0.05, 0.1) is 22.4 Å². The van der Waals surface area contributed by atoms with Crippen molar-refractivity contribution in [3.05, 3.63) is 82.9 Å². The number of phenols is 1. The van der Waals surface area contributed by atoms with Crippen LogP contribution in [0.3, 0.4) is 0 Å². The van der Waals surface area contributed by atoms with E-state index in [2.05, 4.69) is 0 Å². The summed E-state index contributed by atoms with van der Waals surface area (Å²) in [6.07, 6.45) is 0. The molecule has 0 spiro atoms. The Morgan fingerprint density at radius 1 is 1.00 bits per heavy atom. The summed E-state index contributed by atoms with van der Waals surface area (Å²) in [6, 6.07) is 18.0. The summed E-state index contributed by atoms with van der Waals surface area (Å²) < 4.78 is 5.82. The molecule has 3 aromatic carbocycles. The second kappa shape index (κ2) is 7.44. The number of carbonyl (C=O) groups excluding carboxylic acids is 1. The Balaban J connectivity index is 2.07. The first-order chi connectivity index (χ1) is 13.0. The van der Waals surface area contributed by atoms with Gasteiger partial charge in [0.25, 0.3) is 5.69 Å². The third-order valence-corrected chi connectivity index (χ3v) is 3.71. The van der Waals surface area contributed by atoms with Gasteiger partial charge < -0.3 is 15.6 Å². The van der Waals surface area contributed by atoms with E-state index in [0.717, 1.165) is 11.0 Å². The third-order valence-electron chi connectivity index (χ3n) is 3.71. The Hall–Kier alpha value is -4.07. The van der Waals surface area contributed by atoms with E-state index in [1.165, 1.54) is 12.1 Å². The highest BCUT2D eigenvalue weighted by molar-refractivity contribution is 6.01. The highest BCUT2D eigenvalue weighted by atomic mass is 16.6. The van der Waals surface area contributed by atoms with E-state index >= 15 is 0 Å². The number of anilines is 2. The maximum Gasteiger partial charge on any atom is 0.324 e. The van der Waals surface area contributed by atoms with E-state index in [1.807, 2.05) is 6.07 Å². The van der Waals surface area contributed by atoms with Gasteiger partial charge in [-0.1, -0.05) is 30.3 Å². The number of carbonyl (C=O) groups is 1. The Kier molecular flexibility index (Phi) is 4.89. The lowest BCUT2D eigenvalue weighted by molar-refractivity contribution is -0.384. The van der Waals surface area contributed by atoms with Crippen LogP contribution in [-0.4, -0.2) is 16.1 Å². The van der Waals surface area contributed by atoms with Gasteiger partial charge in [0.2, 0.25) is 0 Å². The lowest BCUT2D eigenvalue weighted by atomic mass is 10.2. The van der Waals surface area contributed by atoms with Crippen molar-refractivity contribution in [3.8, 4) is 17.2 Å². The molecule has 0 radical (unpaired) electrons. The van der Waals surface area contributed by atoms with E-state index in [4.69, 9.17) is 10.5 Å². The number of para-hydroxylation sites is 3. The minimum atomic E-state index is -0.886. The van der Waals surface area contributed by atoms with Crippen LogP contribution in [0.25, 0.3) is 0 Å². The van der Waals surface area contributed by atoms with Crippen LogP contribution in [0, 0.1) is 10.1 Å². The molecular weight excluding hydrogens is 350 g/mol. The second-order valence-corrected chi connectivity index (χ2v) is 5.49. The minimum absolute atomic E-state index is 0.00258. The highest BCUT2D eigenvalue weighted by Crippen LogP contribution is 2.40. The molecule has 0 atom stereocenters. The molecule has 0 bridgehead atoms. The number of nitrogens with two attached hydrogens (primary N) is 1. The number of ether oxygens (including phenoxy) is 1. The molecule has 0 saturated carbocycles. The molecular formula is C19H15N3O5. The molecule has 3 rings (SSSR count). The lowest BCUT2D eigenvalue weighted by Crippen LogP contribution is -2.31. The van der Waals surface area contributed by atoms with Crippen LogP contribution in [0.15, 0.2) is 72.8 Å². The molecule has 0 heterocycles. The number of primary amides is 1. The fraction of sp³-hybridized carbons (Fsp3) is 0. The maximum atomic E-state index is 12.1. The van der Waals surface area contributed by atoms with Crippen molar-refractivity contribution in [3.63, 3.8) is 0 Å². The van der Waals surface area contributed by atoms with Crippen LogP contribution in [0.1, 0.15) is 0 Å². The number of nitro groups is 1. The van der Waals surface area contributed by atoms with Crippen molar-refractivity contribution < 1.29 is 19.6 Å². The summed E-state index contributed by atoms with van der Waals surface area (Å²) in [5, 5.41) is 21.1. The molecule has 0 aliphatic carbocycles. The van der Waals surface area contributed by atoms with Gasteiger partial charge in [-0.05, 0) is 30.3 Å². The Bertz CT molecular complexity index is 992. The lowest BCUT2D eigenvalue weighted by Gasteiger charge is -2.23. The van der Waals surface area contributed by atoms with Crippen molar-refractivity contribution >= 4 is 23.1 Å². The van der Waals surface area contributed by atoms with Crippen molar-refractivity contribution in [2.75, 3.05) is 4.90 Å². The van der Waals surface area contributed by atoms with Gasteiger partial charge in [-0.25, -0.2) is 4.79 Å². The van der Waals surface area contributed by atoms with E-state index in [-0.39, 0.29) is 17.1 Å². The summed E-state index contributed by atoms with van der Waals surface area (Å²) in [7, 11) is 0. The Labute approximate surface area is 154 Å². The third kappa shape index (κ3) is 3.79. The summed E-state index contributed by atoms with van der Waals surface area (Å²) in [5.74, 6) is 0.403. The number of nitrogens with zero attached hydrogens (tertiary/aromatic N) is 2. The topological polar surface area (TPSA) is 119 Å². The van der Waals surface area contributed by atoms with Crippen LogP contribution < -0.4 is 15.4 Å². The van der Waals surface area contributed by atoms with Gasteiger partial charge in [0.1, 0.15) is 11.5 Å². The highest BCUT2D eigenvalue weighted by Gasteiger charge is 2.23. The molecule has 0 aliphatic heterocycles. The number of aromatic hydroxyl groups is 1. The Morgan fingerprint density at radius 3 is 2.30 bits per heavy atom. The molecule has 8 heteroatoms. The number of urea groups is 1.